The number of esters is 4. The molecule has 0 amide bonds. The Labute approximate surface area is 193 Å². The summed E-state index contributed by atoms with van der Waals surface area (Å²) < 4.78 is 20.5. The van der Waals surface area contributed by atoms with Crippen molar-refractivity contribution in [1.29, 1.82) is 0 Å². The maximum Gasteiger partial charge on any atom is 0.351 e. The van der Waals surface area contributed by atoms with Crippen LogP contribution in [-0.4, -0.2) is 41.4 Å². The molecule has 0 aliphatic rings. The van der Waals surface area contributed by atoms with Crippen LogP contribution in [0.15, 0.2) is 60.7 Å². The molecule has 2 aromatic carbocycles. The van der Waals surface area contributed by atoms with Crippen LogP contribution >= 0.6 is 15.9 Å². The van der Waals surface area contributed by atoms with Gasteiger partial charge in [-0.1, -0.05) is 76.6 Å². The lowest BCUT2D eigenvalue weighted by molar-refractivity contribution is -0.181. The van der Waals surface area contributed by atoms with Crippen molar-refractivity contribution in [2.45, 2.75) is 38.8 Å². The van der Waals surface area contributed by atoms with E-state index in [-0.39, 0.29) is 18.5 Å². The summed E-state index contributed by atoms with van der Waals surface area (Å²) in [5.41, 5.74) is 1.50. The van der Waals surface area contributed by atoms with Gasteiger partial charge in [-0.05, 0) is 11.1 Å². The van der Waals surface area contributed by atoms with E-state index in [1.165, 1.54) is 0 Å². The molecule has 2 rings (SSSR count). The molecule has 2 aromatic rings. The molecule has 9 heteroatoms. The molecular formula is C23H23BrO8. The molecule has 0 saturated heterocycles. The zero-order chi connectivity index (χ0) is 23.3. The van der Waals surface area contributed by atoms with Crippen molar-refractivity contribution < 1.29 is 38.1 Å². The summed E-state index contributed by atoms with van der Waals surface area (Å²) in [5, 5.41) is -0.0316. The van der Waals surface area contributed by atoms with Gasteiger partial charge in [0.2, 0.25) is 6.10 Å². The van der Waals surface area contributed by atoms with Crippen molar-refractivity contribution in [3.63, 3.8) is 0 Å². The first-order chi connectivity index (χ1) is 15.4. The Morgan fingerprint density at radius 3 is 1.81 bits per heavy atom. The summed E-state index contributed by atoms with van der Waals surface area (Å²) in [5.74, 6) is -3.35. The average molecular weight is 507 g/mol. The molecule has 170 valence electrons. The highest BCUT2D eigenvalue weighted by atomic mass is 79.9. The van der Waals surface area contributed by atoms with E-state index in [1.54, 1.807) is 48.5 Å². The lowest BCUT2D eigenvalue weighted by Crippen LogP contribution is -2.43. The summed E-state index contributed by atoms with van der Waals surface area (Å²) >= 11 is 3.13. The van der Waals surface area contributed by atoms with Crippen LogP contribution in [0.3, 0.4) is 0 Å². The highest BCUT2D eigenvalue weighted by molar-refractivity contribution is 9.09. The van der Waals surface area contributed by atoms with Crippen LogP contribution in [0.1, 0.15) is 24.5 Å². The molecule has 0 heterocycles. The summed E-state index contributed by atoms with van der Waals surface area (Å²) in [4.78, 5) is 48.1. The fraction of sp³-hybridized carbons (Fsp3) is 0.304. The number of rotatable bonds is 11. The third-order valence-corrected chi connectivity index (χ3v) is 4.69. The molecule has 8 nitrogen and oxygen atoms in total. The van der Waals surface area contributed by atoms with Gasteiger partial charge in [-0.15, -0.1) is 0 Å². The zero-order valence-corrected chi connectivity index (χ0v) is 19.0. The monoisotopic (exact) mass is 506 g/mol. The maximum absolute atomic E-state index is 12.5. The SMILES string of the molecule is CC(=O)OC(C(=O)OCc1ccccc1)C(CBr)OC(=O)CC(=O)OCc1ccccc1. The van der Waals surface area contributed by atoms with Crippen LogP contribution < -0.4 is 0 Å². The van der Waals surface area contributed by atoms with E-state index < -0.39 is 42.5 Å². The van der Waals surface area contributed by atoms with Gasteiger partial charge >= 0.3 is 23.9 Å². The molecule has 2 unspecified atom stereocenters. The predicted molar refractivity (Wildman–Crippen MR) is 116 cm³/mol. The normalized spacial score (nSPS) is 12.2. The Morgan fingerprint density at radius 1 is 0.781 bits per heavy atom. The van der Waals surface area contributed by atoms with Crippen molar-refractivity contribution in [2.24, 2.45) is 0 Å². The van der Waals surface area contributed by atoms with Crippen molar-refractivity contribution in [2.75, 3.05) is 5.33 Å². The first kappa shape index (κ1) is 25.1. The first-order valence-corrected chi connectivity index (χ1v) is 10.8. The number of halogens is 1. The fourth-order valence-corrected chi connectivity index (χ4v) is 3.03. The summed E-state index contributed by atoms with van der Waals surface area (Å²) in [7, 11) is 0. The maximum atomic E-state index is 12.5. The second kappa shape index (κ2) is 13.3. The molecule has 32 heavy (non-hydrogen) atoms. The van der Waals surface area contributed by atoms with Crippen molar-refractivity contribution >= 4 is 39.8 Å². The van der Waals surface area contributed by atoms with Gasteiger partial charge in [0.25, 0.3) is 0 Å². The predicted octanol–water partition coefficient (Wildman–Crippen LogP) is 3.10. The van der Waals surface area contributed by atoms with E-state index in [0.29, 0.717) is 0 Å². The number of hydrogen-bond donors (Lipinski definition) is 0. The minimum absolute atomic E-state index is 0.0106. The van der Waals surface area contributed by atoms with Gasteiger partial charge in [-0.2, -0.15) is 0 Å². The Bertz CT molecular complexity index is 901. The highest BCUT2D eigenvalue weighted by Gasteiger charge is 2.35. The van der Waals surface area contributed by atoms with E-state index in [0.717, 1.165) is 18.1 Å². The lowest BCUT2D eigenvalue weighted by Gasteiger charge is -2.23. The van der Waals surface area contributed by atoms with Crippen LogP contribution in [0.5, 0.6) is 0 Å². The van der Waals surface area contributed by atoms with Crippen molar-refractivity contribution in [3.8, 4) is 0 Å². The van der Waals surface area contributed by atoms with Crippen LogP contribution in [-0.2, 0) is 51.3 Å². The minimum atomic E-state index is -1.50. The minimum Gasteiger partial charge on any atom is -0.460 e. The molecule has 0 fully saturated rings. The van der Waals surface area contributed by atoms with E-state index in [1.807, 2.05) is 12.1 Å². The molecule has 2 atom stereocenters. The number of benzene rings is 2. The van der Waals surface area contributed by atoms with Gasteiger partial charge < -0.3 is 18.9 Å². The van der Waals surface area contributed by atoms with E-state index in [4.69, 9.17) is 18.9 Å². The van der Waals surface area contributed by atoms with E-state index >= 15 is 0 Å². The standard InChI is InChI=1S/C23H23BrO8/c1-16(25)31-22(23(28)30-15-18-10-6-3-7-11-18)19(13-24)32-21(27)12-20(26)29-14-17-8-4-2-5-9-17/h2-11,19,22H,12-15H2,1H3. The topological polar surface area (TPSA) is 105 Å². The zero-order valence-electron chi connectivity index (χ0n) is 17.4. The molecule has 0 radical (unpaired) electrons. The van der Waals surface area contributed by atoms with Crippen molar-refractivity contribution in [1.82, 2.24) is 0 Å². The van der Waals surface area contributed by atoms with Crippen LogP contribution in [0, 0.1) is 0 Å². The number of carbonyl (C=O) groups is 4. The molecule has 0 N–H and O–H groups in total. The highest BCUT2D eigenvalue weighted by Crippen LogP contribution is 2.14. The smallest absolute Gasteiger partial charge is 0.351 e. The van der Waals surface area contributed by atoms with Gasteiger partial charge in [-0.25, -0.2) is 4.79 Å². The Kier molecular flexibility index (Phi) is 10.4. The average Bonchev–Trinajstić information content (AvgIpc) is 2.79. The fourth-order valence-electron chi connectivity index (χ4n) is 2.56. The Hall–Kier alpha value is -3.20. The van der Waals surface area contributed by atoms with Crippen LogP contribution in [0.2, 0.25) is 0 Å². The number of carbonyl (C=O) groups excluding carboxylic acids is 4. The largest absolute Gasteiger partial charge is 0.460 e. The first-order valence-electron chi connectivity index (χ1n) is 9.71. The Morgan fingerprint density at radius 2 is 1.31 bits per heavy atom. The Balaban J connectivity index is 1.91. The van der Waals surface area contributed by atoms with Gasteiger partial charge in [0, 0.05) is 12.3 Å². The third kappa shape index (κ3) is 8.89. The molecule has 0 aromatic heterocycles. The molecule has 0 aliphatic carbocycles. The van der Waals surface area contributed by atoms with Gasteiger partial charge in [0.1, 0.15) is 19.6 Å². The van der Waals surface area contributed by atoms with Gasteiger partial charge in [0.15, 0.2) is 6.10 Å². The quantitative estimate of drug-likeness (QED) is 0.198. The number of alkyl halides is 1. The summed E-state index contributed by atoms with van der Waals surface area (Å²) in [6.45, 7) is 1.08. The lowest BCUT2D eigenvalue weighted by atomic mass is 10.2. The number of hydrogen-bond acceptors (Lipinski definition) is 8. The third-order valence-electron chi connectivity index (χ3n) is 4.05. The summed E-state index contributed by atoms with van der Waals surface area (Å²) in [6.07, 6.45) is -3.36. The molecule has 0 saturated carbocycles. The van der Waals surface area contributed by atoms with Crippen LogP contribution in [0.25, 0.3) is 0 Å². The van der Waals surface area contributed by atoms with Gasteiger partial charge in [-0.3, -0.25) is 14.4 Å². The molecular weight excluding hydrogens is 484 g/mol. The second-order valence-corrected chi connectivity index (χ2v) is 7.28. The molecule has 0 spiro atoms. The van der Waals surface area contributed by atoms with Crippen LogP contribution in [0.4, 0.5) is 0 Å². The summed E-state index contributed by atoms with van der Waals surface area (Å²) in [6, 6.07) is 17.9. The van der Waals surface area contributed by atoms with E-state index in [2.05, 4.69) is 15.9 Å². The molecule has 0 aliphatic heterocycles. The second-order valence-electron chi connectivity index (χ2n) is 6.63. The van der Waals surface area contributed by atoms with E-state index in [9.17, 15) is 19.2 Å². The van der Waals surface area contributed by atoms with Crippen molar-refractivity contribution in [3.05, 3.63) is 71.8 Å². The van der Waals surface area contributed by atoms with Gasteiger partial charge in [0.05, 0.1) is 0 Å². The number of ether oxygens (including phenoxy) is 4. The molecule has 0 bridgehead atoms.